The van der Waals surface area contributed by atoms with Gasteiger partial charge in [-0.2, -0.15) is 0 Å². The lowest BCUT2D eigenvalue weighted by molar-refractivity contribution is -0.141. The summed E-state index contributed by atoms with van der Waals surface area (Å²) in [5, 5.41) is 21.1. The molecular weight excluding hydrogens is 346 g/mol. The second kappa shape index (κ2) is 10.5. The van der Waals surface area contributed by atoms with E-state index >= 15 is 0 Å². The predicted octanol–water partition coefficient (Wildman–Crippen LogP) is 3.27. The van der Waals surface area contributed by atoms with Gasteiger partial charge in [0.15, 0.2) is 0 Å². The molecule has 7 nitrogen and oxygen atoms in total. The normalized spacial score (nSPS) is 11.9. The van der Waals surface area contributed by atoms with Gasteiger partial charge in [-0.15, -0.1) is 0 Å². The van der Waals surface area contributed by atoms with E-state index in [9.17, 15) is 14.7 Å². The zero-order valence-electron chi connectivity index (χ0n) is 15.6. The molecule has 1 atom stereocenters. The first-order valence-electron chi connectivity index (χ1n) is 9.32. The summed E-state index contributed by atoms with van der Waals surface area (Å²) in [6.45, 7) is 2.18. The van der Waals surface area contributed by atoms with Crippen LogP contribution in [0.3, 0.4) is 0 Å². The number of aliphatic carboxylic acids is 1. The van der Waals surface area contributed by atoms with Gasteiger partial charge in [-0.05, 0) is 30.5 Å². The van der Waals surface area contributed by atoms with Crippen molar-refractivity contribution in [3.8, 4) is 0 Å². The van der Waals surface area contributed by atoms with E-state index in [-0.39, 0.29) is 12.3 Å². The molecule has 0 fully saturated rings. The number of benzene rings is 1. The lowest BCUT2D eigenvalue weighted by Crippen LogP contribution is -2.18. The van der Waals surface area contributed by atoms with Gasteiger partial charge in [0.2, 0.25) is 0 Å². The number of rotatable bonds is 11. The van der Waals surface area contributed by atoms with Gasteiger partial charge in [0.25, 0.3) is 5.91 Å². The van der Waals surface area contributed by atoms with E-state index in [4.69, 9.17) is 5.11 Å². The van der Waals surface area contributed by atoms with Gasteiger partial charge in [0.05, 0.1) is 6.33 Å². The Bertz CT molecular complexity index is 740. The molecule has 1 amide bonds. The van der Waals surface area contributed by atoms with Crippen LogP contribution < -0.4 is 5.32 Å². The van der Waals surface area contributed by atoms with Crippen molar-refractivity contribution in [1.82, 2.24) is 9.55 Å². The Labute approximate surface area is 159 Å². The van der Waals surface area contributed by atoms with E-state index in [2.05, 4.69) is 17.2 Å². The molecule has 0 saturated carbocycles. The summed E-state index contributed by atoms with van der Waals surface area (Å²) in [6.07, 6.45) is 7.95. The van der Waals surface area contributed by atoms with E-state index in [0.29, 0.717) is 18.5 Å². The Hall–Kier alpha value is -2.67. The average molecular weight is 373 g/mol. The summed E-state index contributed by atoms with van der Waals surface area (Å²) in [7, 11) is 0. The molecule has 0 spiro atoms. The molecule has 0 aliphatic carbocycles. The highest BCUT2D eigenvalue weighted by atomic mass is 16.4. The third-order valence-electron chi connectivity index (χ3n) is 4.42. The molecule has 0 radical (unpaired) electrons. The van der Waals surface area contributed by atoms with Crippen LogP contribution >= 0.6 is 0 Å². The first kappa shape index (κ1) is 20.6. The minimum atomic E-state index is -0.921. The molecule has 0 bridgehead atoms. The average Bonchev–Trinajstić information content (AvgIpc) is 3.13. The van der Waals surface area contributed by atoms with E-state index in [1.165, 1.54) is 17.1 Å². The predicted molar refractivity (Wildman–Crippen MR) is 103 cm³/mol. The molecule has 2 rings (SSSR count). The molecule has 1 heterocycles. The van der Waals surface area contributed by atoms with Crippen LogP contribution in [-0.2, 0) is 11.2 Å². The number of carboxylic acid groups (broad SMARTS) is 1. The zero-order chi connectivity index (χ0) is 19.6. The van der Waals surface area contributed by atoms with Crippen LogP contribution in [0.4, 0.5) is 5.69 Å². The number of nitrogens with one attached hydrogen (secondary N) is 1. The Morgan fingerprint density at radius 1 is 1.19 bits per heavy atom. The van der Waals surface area contributed by atoms with Crippen LogP contribution in [0, 0.1) is 0 Å². The number of carboxylic acids is 1. The highest BCUT2D eigenvalue weighted by Crippen LogP contribution is 2.18. The van der Waals surface area contributed by atoms with Gasteiger partial charge in [-0.3, -0.25) is 4.79 Å². The summed E-state index contributed by atoms with van der Waals surface area (Å²) in [5.74, 6) is -1.31. The molecule has 27 heavy (non-hydrogen) atoms. The number of carbonyl (C=O) groups excluding carboxylic acids is 1. The fourth-order valence-corrected chi connectivity index (χ4v) is 2.87. The molecule has 3 N–H and O–H groups in total. The highest BCUT2D eigenvalue weighted by Gasteiger charge is 2.21. The number of imidazole rings is 1. The van der Waals surface area contributed by atoms with Crippen LogP contribution in [0.1, 0.15) is 61.1 Å². The molecule has 1 aromatic heterocycles. The topological polar surface area (TPSA) is 104 Å². The Morgan fingerprint density at radius 2 is 1.93 bits per heavy atom. The SMILES string of the molecule is CCCCCCC(C(=O)O)n1cnc(C(=O)Nc2ccc(CCO)cc2)c1. The number of nitrogens with zero attached hydrogens (tertiary/aromatic N) is 2. The van der Waals surface area contributed by atoms with Crippen molar-refractivity contribution >= 4 is 17.6 Å². The van der Waals surface area contributed by atoms with Crippen LogP contribution in [0.25, 0.3) is 0 Å². The second-order valence-corrected chi connectivity index (χ2v) is 6.53. The van der Waals surface area contributed by atoms with Crippen molar-refractivity contribution < 1.29 is 19.8 Å². The summed E-state index contributed by atoms with van der Waals surface area (Å²) >= 11 is 0. The van der Waals surface area contributed by atoms with E-state index in [1.807, 2.05) is 12.1 Å². The smallest absolute Gasteiger partial charge is 0.326 e. The lowest BCUT2D eigenvalue weighted by Gasteiger charge is -2.13. The molecule has 1 aromatic carbocycles. The fraction of sp³-hybridized carbons (Fsp3) is 0.450. The number of aliphatic hydroxyl groups excluding tert-OH is 1. The standard InChI is InChI=1S/C20H27N3O4/c1-2-3-4-5-6-18(20(26)27)23-13-17(21-14-23)19(25)22-16-9-7-15(8-10-16)11-12-24/h7-10,13-14,18,24H,2-6,11-12H2,1H3,(H,22,25)(H,26,27). The van der Waals surface area contributed by atoms with E-state index in [1.54, 1.807) is 12.1 Å². The third kappa shape index (κ3) is 6.21. The highest BCUT2D eigenvalue weighted by molar-refractivity contribution is 6.02. The van der Waals surface area contributed by atoms with E-state index in [0.717, 1.165) is 31.2 Å². The molecule has 0 aliphatic rings. The monoisotopic (exact) mass is 373 g/mol. The molecule has 7 heteroatoms. The van der Waals surface area contributed by atoms with Crippen molar-refractivity contribution in [2.45, 2.75) is 51.5 Å². The zero-order valence-corrected chi connectivity index (χ0v) is 15.6. The maximum Gasteiger partial charge on any atom is 0.326 e. The van der Waals surface area contributed by atoms with Gasteiger partial charge < -0.3 is 20.1 Å². The van der Waals surface area contributed by atoms with Gasteiger partial charge in [-0.1, -0.05) is 44.7 Å². The maximum absolute atomic E-state index is 12.4. The number of anilines is 1. The van der Waals surface area contributed by atoms with Crippen molar-refractivity contribution in [2.75, 3.05) is 11.9 Å². The first-order valence-corrected chi connectivity index (χ1v) is 9.32. The number of hydrogen-bond donors (Lipinski definition) is 3. The lowest BCUT2D eigenvalue weighted by atomic mass is 10.1. The summed E-state index contributed by atoms with van der Waals surface area (Å²) in [6, 6.07) is 6.47. The molecule has 1 unspecified atom stereocenters. The Kier molecular flexibility index (Phi) is 8.00. The van der Waals surface area contributed by atoms with Crippen LogP contribution in [-0.4, -0.2) is 38.2 Å². The van der Waals surface area contributed by atoms with Gasteiger partial charge in [0.1, 0.15) is 11.7 Å². The molecule has 0 aliphatic heterocycles. The number of amides is 1. The largest absolute Gasteiger partial charge is 0.480 e. The Morgan fingerprint density at radius 3 is 2.56 bits per heavy atom. The van der Waals surface area contributed by atoms with Crippen molar-refractivity contribution in [2.24, 2.45) is 0 Å². The number of unbranched alkanes of at least 4 members (excludes halogenated alkanes) is 3. The van der Waals surface area contributed by atoms with Crippen molar-refractivity contribution in [3.63, 3.8) is 0 Å². The number of aliphatic hydroxyl groups is 1. The summed E-state index contributed by atoms with van der Waals surface area (Å²) in [4.78, 5) is 28.0. The summed E-state index contributed by atoms with van der Waals surface area (Å²) < 4.78 is 1.49. The quantitative estimate of drug-likeness (QED) is 0.524. The number of aromatic nitrogens is 2. The van der Waals surface area contributed by atoms with E-state index < -0.39 is 17.9 Å². The Balaban J connectivity index is 1.99. The number of carbonyl (C=O) groups is 2. The first-order chi connectivity index (χ1) is 13.0. The molecule has 2 aromatic rings. The van der Waals surface area contributed by atoms with Crippen LogP contribution in [0.2, 0.25) is 0 Å². The van der Waals surface area contributed by atoms with Crippen molar-refractivity contribution in [3.05, 3.63) is 48.0 Å². The minimum Gasteiger partial charge on any atom is -0.480 e. The number of hydrogen-bond acceptors (Lipinski definition) is 4. The third-order valence-corrected chi connectivity index (χ3v) is 4.42. The molecule has 146 valence electrons. The minimum absolute atomic E-state index is 0.0757. The van der Waals surface area contributed by atoms with Gasteiger partial charge in [0, 0.05) is 18.5 Å². The van der Waals surface area contributed by atoms with Gasteiger partial charge in [-0.25, -0.2) is 9.78 Å². The van der Waals surface area contributed by atoms with Crippen LogP contribution in [0.15, 0.2) is 36.8 Å². The van der Waals surface area contributed by atoms with Crippen LogP contribution in [0.5, 0.6) is 0 Å². The maximum atomic E-state index is 12.4. The summed E-state index contributed by atoms with van der Waals surface area (Å²) in [5.41, 5.74) is 1.77. The molecule has 0 saturated heterocycles. The second-order valence-electron chi connectivity index (χ2n) is 6.53. The van der Waals surface area contributed by atoms with Crippen molar-refractivity contribution in [1.29, 1.82) is 0 Å². The molecular formula is C20H27N3O4. The fourth-order valence-electron chi connectivity index (χ4n) is 2.87. The van der Waals surface area contributed by atoms with Gasteiger partial charge >= 0.3 is 5.97 Å².